The fraction of sp³-hybridized carbons (Fsp3) is 0.316. The zero-order valence-corrected chi connectivity index (χ0v) is 17.3. The molecule has 0 saturated carbocycles. The molecule has 0 bridgehead atoms. The van der Waals surface area contributed by atoms with Crippen molar-refractivity contribution < 1.29 is 9.72 Å². The van der Waals surface area contributed by atoms with Crippen LogP contribution in [-0.2, 0) is 4.79 Å². The van der Waals surface area contributed by atoms with Crippen LogP contribution in [0.5, 0.6) is 0 Å². The van der Waals surface area contributed by atoms with E-state index in [1.165, 1.54) is 6.07 Å². The SMILES string of the molecule is Cc1cc(Br)ccc1SCC(=O)N1CCN(c2ccccc2[N+](=O)[O-])CC1. The lowest BCUT2D eigenvalue weighted by atomic mass is 10.2. The molecule has 142 valence electrons. The summed E-state index contributed by atoms with van der Waals surface area (Å²) >= 11 is 4.99. The Kier molecular flexibility index (Phi) is 6.38. The van der Waals surface area contributed by atoms with Crippen molar-refractivity contribution in [2.24, 2.45) is 0 Å². The average Bonchev–Trinajstić information content (AvgIpc) is 2.67. The lowest BCUT2D eigenvalue weighted by Gasteiger charge is -2.35. The standard InChI is InChI=1S/C19H20BrN3O3S/c1-14-12-15(20)6-7-18(14)27-13-19(24)22-10-8-21(9-11-22)16-4-2-3-5-17(16)23(25)26/h2-7,12H,8-11,13H2,1H3. The number of halogens is 1. The summed E-state index contributed by atoms with van der Waals surface area (Å²) in [6.07, 6.45) is 0. The van der Waals surface area contributed by atoms with E-state index in [2.05, 4.69) is 15.9 Å². The Hall–Kier alpha value is -2.06. The van der Waals surface area contributed by atoms with Gasteiger partial charge in [0.25, 0.3) is 5.69 Å². The van der Waals surface area contributed by atoms with E-state index in [0.717, 1.165) is 14.9 Å². The minimum absolute atomic E-state index is 0.101. The molecule has 27 heavy (non-hydrogen) atoms. The Bertz CT molecular complexity index is 854. The van der Waals surface area contributed by atoms with Gasteiger partial charge in [-0.05, 0) is 36.8 Å². The highest BCUT2D eigenvalue weighted by Gasteiger charge is 2.25. The summed E-state index contributed by atoms with van der Waals surface area (Å²) in [5, 5.41) is 11.2. The molecule has 0 aromatic heterocycles. The minimum Gasteiger partial charge on any atom is -0.362 e. The number of rotatable bonds is 5. The van der Waals surface area contributed by atoms with Gasteiger partial charge in [-0.15, -0.1) is 11.8 Å². The van der Waals surface area contributed by atoms with Crippen molar-refractivity contribution in [2.75, 3.05) is 36.8 Å². The first kappa shape index (κ1) is 19.7. The fourth-order valence-electron chi connectivity index (χ4n) is 3.09. The number of benzene rings is 2. The van der Waals surface area contributed by atoms with Crippen LogP contribution in [-0.4, -0.2) is 47.7 Å². The first-order chi connectivity index (χ1) is 13.0. The van der Waals surface area contributed by atoms with Gasteiger partial charge in [0.1, 0.15) is 5.69 Å². The Balaban J connectivity index is 1.56. The molecule has 0 unspecified atom stereocenters. The van der Waals surface area contributed by atoms with Gasteiger partial charge >= 0.3 is 0 Å². The average molecular weight is 450 g/mol. The van der Waals surface area contributed by atoms with Gasteiger partial charge in [0.2, 0.25) is 5.91 Å². The van der Waals surface area contributed by atoms with Crippen LogP contribution in [0.1, 0.15) is 5.56 Å². The molecule has 8 heteroatoms. The van der Waals surface area contributed by atoms with E-state index in [-0.39, 0.29) is 16.5 Å². The second kappa shape index (κ2) is 8.75. The summed E-state index contributed by atoms with van der Waals surface area (Å²) < 4.78 is 1.03. The maximum absolute atomic E-state index is 12.5. The van der Waals surface area contributed by atoms with E-state index in [1.807, 2.05) is 34.9 Å². The van der Waals surface area contributed by atoms with Crippen molar-refractivity contribution >= 4 is 45.0 Å². The number of para-hydroxylation sites is 2. The second-order valence-corrected chi connectivity index (χ2v) is 8.25. The predicted octanol–water partition coefficient (Wildman–Crippen LogP) is 4.11. The van der Waals surface area contributed by atoms with E-state index in [0.29, 0.717) is 37.6 Å². The highest BCUT2D eigenvalue weighted by Crippen LogP contribution is 2.29. The first-order valence-corrected chi connectivity index (χ1v) is 10.4. The summed E-state index contributed by atoms with van der Waals surface area (Å²) in [6, 6.07) is 12.8. The number of carbonyl (C=O) groups is 1. The Labute approximate surface area is 170 Å². The van der Waals surface area contributed by atoms with E-state index in [1.54, 1.807) is 30.0 Å². The molecule has 0 radical (unpaired) electrons. The molecule has 1 amide bonds. The molecule has 1 aliphatic rings. The monoisotopic (exact) mass is 449 g/mol. The van der Waals surface area contributed by atoms with Crippen LogP contribution < -0.4 is 4.90 Å². The minimum atomic E-state index is -0.357. The number of anilines is 1. The third-order valence-electron chi connectivity index (χ3n) is 4.54. The lowest BCUT2D eigenvalue weighted by Crippen LogP contribution is -2.49. The molecule has 0 spiro atoms. The fourth-order valence-corrected chi connectivity index (χ4v) is 4.48. The van der Waals surface area contributed by atoms with Gasteiger partial charge in [-0.2, -0.15) is 0 Å². The van der Waals surface area contributed by atoms with Crippen LogP contribution in [0.3, 0.4) is 0 Å². The maximum Gasteiger partial charge on any atom is 0.292 e. The normalized spacial score (nSPS) is 14.3. The summed E-state index contributed by atoms with van der Waals surface area (Å²) in [6.45, 7) is 4.37. The molecule has 0 aliphatic carbocycles. The van der Waals surface area contributed by atoms with Gasteiger partial charge < -0.3 is 9.80 Å². The van der Waals surface area contributed by atoms with Crippen LogP contribution >= 0.6 is 27.7 Å². The molecule has 3 rings (SSSR count). The number of nitrogens with zero attached hydrogens (tertiary/aromatic N) is 3. The van der Waals surface area contributed by atoms with E-state index < -0.39 is 0 Å². The molecule has 2 aromatic rings. The third kappa shape index (κ3) is 4.81. The molecule has 0 atom stereocenters. The Morgan fingerprint density at radius 2 is 1.89 bits per heavy atom. The molecular weight excluding hydrogens is 430 g/mol. The van der Waals surface area contributed by atoms with Crippen LogP contribution in [0.4, 0.5) is 11.4 Å². The molecule has 1 fully saturated rings. The molecule has 1 heterocycles. The van der Waals surface area contributed by atoms with E-state index in [4.69, 9.17) is 0 Å². The highest BCUT2D eigenvalue weighted by molar-refractivity contribution is 9.10. The number of hydrogen-bond donors (Lipinski definition) is 0. The van der Waals surface area contributed by atoms with Crippen LogP contribution in [0, 0.1) is 17.0 Å². The summed E-state index contributed by atoms with van der Waals surface area (Å²) in [4.78, 5) is 28.3. The molecule has 0 N–H and O–H groups in total. The Morgan fingerprint density at radius 3 is 2.56 bits per heavy atom. The molecule has 1 aliphatic heterocycles. The number of piperazine rings is 1. The summed E-state index contributed by atoms with van der Waals surface area (Å²) in [5.74, 6) is 0.498. The maximum atomic E-state index is 12.5. The molecule has 2 aromatic carbocycles. The predicted molar refractivity (Wildman–Crippen MR) is 111 cm³/mol. The first-order valence-electron chi connectivity index (χ1n) is 8.61. The zero-order valence-electron chi connectivity index (χ0n) is 14.9. The van der Waals surface area contributed by atoms with Crippen molar-refractivity contribution in [3.05, 3.63) is 62.6 Å². The third-order valence-corrected chi connectivity index (χ3v) is 6.19. The number of aryl methyl sites for hydroxylation is 1. The molecule has 6 nitrogen and oxygen atoms in total. The van der Waals surface area contributed by atoms with Crippen molar-refractivity contribution in [2.45, 2.75) is 11.8 Å². The number of amides is 1. The second-order valence-electron chi connectivity index (χ2n) is 6.31. The van der Waals surface area contributed by atoms with Crippen LogP contribution in [0.15, 0.2) is 51.8 Å². The largest absolute Gasteiger partial charge is 0.362 e. The van der Waals surface area contributed by atoms with Crippen molar-refractivity contribution in [3.8, 4) is 0 Å². The van der Waals surface area contributed by atoms with Crippen molar-refractivity contribution in [1.82, 2.24) is 4.90 Å². The van der Waals surface area contributed by atoms with Gasteiger partial charge in [-0.3, -0.25) is 14.9 Å². The smallest absolute Gasteiger partial charge is 0.292 e. The number of hydrogen-bond acceptors (Lipinski definition) is 5. The number of thioether (sulfide) groups is 1. The van der Waals surface area contributed by atoms with E-state index >= 15 is 0 Å². The number of carbonyl (C=O) groups excluding carboxylic acids is 1. The van der Waals surface area contributed by atoms with Crippen LogP contribution in [0.2, 0.25) is 0 Å². The lowest BCUT2D eigenvalue weighted by molar-refractivity contribution is -0.384. The van der Waals surface area contributed by atoms with Crippen LogP contribution in [0.25, 0.3) is 0 Å². The number of nitro groups is 1. The summed E-state index contributed by atoms with van der Waals surface area (Å²) in [5.41, 5.74) is 1.87. The number of nitro benzene ring substituents is 1. The summed E-state index contributed by atoms with van der Waals surface area (Å²) in [7, 11) is 0. The quantitative estimate of drug-likeness (QED) is 0.390. The van der Waals surface area contributed by atoms with Gasteiger partial charge in [0.05, 0.1) is 10.7 Å². The molecule has 1 saturated heterocycles. The van der Waals surface area contributed by atoms with Gasteiger partial charge in [-0.1, -0.05) is 28.1 Å². The van der Waals surface area contributed by atoms with Gasteiger partial charge in [0.15, 0.2) is 0 Å². The van der Waals surface area contributed by atoms with Gasteiger partial charge in [0, 0.05) is 41.6 Å². The topological polar surface area (TPSA) is 66.7 Å². The highest BCUT2D eigenvalue weighted by atomic mass is 79.9. The van der Waals surface area contributed by atoms with Crippen molar-refractivity contribution in [3.63, 3.8) is 0 Å². The Morgan fingerprint density at radius 1 is 1.19 bits per heavy atom. The van der Waals surface area contributed by atoms with E-state index in [9.17, 15) is 14.9 Å². The molecular formula is C19H20BrN3O3S. The van der Waals surface area contributed by atoms with Crippen molar-refractivity contribution in [1.29, 1.82) is 0 Å². The van der Waals surface area contributed by atoms with Gasteiger partial charge in [-0.25, -0.2) is 0 Å². The zero-order chi connectivity index (χ0) is 19.4.